The molecule has 1 atom stereocenters. The van der Waals surface area contributed by atoms with Gasteiger partial charge in [-0.1, -0.05) is 13.3 Å². The summed E-state index contributed by atoms with van der Waals surface area (Å²) in [6.07, 6.45) is 6.64. The Balaban J connectivity index is 2.10. The van der Waals surface area contributed by atoms with Crippen molar-refractivity contribution in [3.05, 3.63) is 35.7 Å². The van der Waals surface area contributed by atoms with Crippen LogP contribution in [0, 0.1) is 6.92 Å². The average Bonchev–Trinajstić information content (AvgIpc) is 2.98. The summed E-state index contributed by atoms with van der Waals surface area (Å²) in [4.78, 5) is 0. The minimum absolute atomic E-state index is 0.437. The topological polar surface area (TPSA) is 47.7 Å². The van der Waals surface area contributed by atoms with Crippen LogP contribution in [0.25, 0.3) is 0 Å². The van der Waals surface area contributed by atoms with Gasteiger partial charge in [-0.3, -0.25) is 0 Å². The van der Waals surface area contributed by atoms with Crippen LogP contribution in [0.2, 0.25) is 0 Å². The lowest BCUT2D eigenvalue weighted by molar-refractivity contribution is 0.540. The zero-order valence-corrected chi connectivity index (χ0v) is 12.2. The molecule has 0 aromatic carbocycles. The van der Waals surface area contributed by atoms with Crippen molar-refractivity contribution in [3.63, 3.8) is 0 Å². The molecule has 2 heterocycles. The van der Waals surface area contributed by atoms with E-state index in [0.717, 1.165) is 24.6 Å². The standard InChI is InChI=1S/C14H23N5/c1-5-6-13(15-3)12-7-8-19(9-12)10-14-17-16-11(2)18(14)4/h7-9,13,15H,5-6,10H2,1-4H3. The minimum atomic E-state index is 0.437. The van der Waals surface area contributed by atoms with Gasteiger partial charge in [-0.25, -0.2) is 0 Å². The number of nitrogens with zero attached hydrogens (tertiary/aromatic N) is 4. The Bertz CT molecular complexity index is 526. The molecule has 0 fully saturated rings. The van der Waals surface area contributed by atoms with Crippen molar-refractivity contribution in [2.75, 3.05) is 7.05 Å². The highest BCUT2D eigenvalue weighted by Crippen LogP contribution is 2.18. The summed E-state index contributed by atoms with van der Waals surface area (Å²) in [6.45, 7) is 4.94. The third kappa shape index (κ3) is 3.04. The van der Waals surface area contributed by atoms with E-state index in [1.807, 2.05) is 25.6 Å². The molecule has 2 rings (SSSR count). The minimum Gasteiger partial charge on any atom is -0.346 e. The van der Waals surface area contributed by atoms with E-state index in [1.165, 1.54) is 12.0 Å². The van der Waals surface area contributed by atoms with E-state index in [0.29, 0.717) is 6.04 Å². The van der Waals surface area contributed by atoms with Gasteiger partial charge in [-0.05, 0) is 32.0 Å². The van der Waals surface area contributed by atoms with Crippen molar-refractivity contribution < 1.29 is 0 Å². The van der Waals surface area contributed by atoms with Gasteiger partial charge in [-0.15, -0.1) is 10.2 Å². The predicted molar refractivity (Wildman–Crippen MR) is 76.0 cm³/mol. The van der Waals surface area contributed by atoms with E-state index in [9.17, 15) is 0 Å². The first-order valence-corrected chi connectivity index (χ1v) is 6.83. The van der Waals surface area contributed by atoms with Gasteiger partial charge in [0.05, 0.1) is 6.54 Å². The normalized spacial score (nSPS) is 12.8. The molecule has 19 heavy (non-hydrogen) atoms. The summed E-state index contributed by atoms with van der Waals surface area (Å²) in [5.74, 6) is 1.93. The van der Waals surface area contributed by atoms with Gasteiger partial charge in [0.15, 0.2) is 5.82 Å². The van der Waals surface area contributed by atoms with Crippen molar-refractivity contribution in [2.45, 2.75) is 39.3 Å². The van der Waals surface area contributed by atoms with Crippen LogP contribution < -0.4 is 5.32 Å². The van der Waals surface area contributed by atoms with Crippen LogP contribution in [-0.2, 0) is 13.6 Å². The fraction of sp³-hybridized carbons (Fsp3) is 0.571. The maximum Gasteiger partial charge on any atom is 0.152 e. The molecule has 0 amide bonds. The van der Waals surface area contributed by atoms with E-state index in [2.05, 4.69) is 45.5 Å². The molecule has 0 radical (unpaired) electrons. The quantitative estimate of drug-likeness (QED) is 0.865. The Morgan fingerprint density at radius 2 is 2.16 bits per heavy atom. The molecule has 0 aliphatic heterocycles. The Morgan fingerprint density at radius 3 is 2.74 bits per heavy atom. The van der Waals surface area contributed by atoms with Crippen molar-refractivity contribution >= 4 is 0 Å². The molecule has 0 saturated heterocycles. The highest BCUT2D eigenvalue weighted by molar-refractivity contribution is 5.16. The first kappa shape index (κ1) is 13.8. The van der Waals surface area contributed by atoms with Crippen LogP contribution in [0.4, 0.5) is 0 Å². The Hall–Kier alpha value is -1.62. The fourth-order valence-electron chi connectivity index (χ4n) is 2.28. The zero-order chi connectivity index (χ0) is 13.8. The Morgan fingerprint density at radius 1 is 1.37 bits per heavy atom. The van der Waals surface area contributed by atoms with Crippen molar-refractivity contribution in [2.24, 2.45) is 7.05 Å². The molecule has 5 heteroatoms. The van der Waals surface area contributed by atoms with Crippen LogP contribution in [0.1, 0.15) is 43.0 Å². The maximum absolute atomic E-state index is 4.20. The summed E-state index contributed by atoms with van der Waals surface area (Å²) in [6, 6.07) is 2.62. The molecule has 0 aliphatic rings. The van der Waals surface area contributed by atoms with Crippen LogP contribution in [0.5, 0.6) is 0 Å². The summed E-state index contributed by atoms with van der Waals surface area (Å²) >= 11 is 0. The lowest BCUT2D eigenvalue weighted by Gasteiger charge is -2.13. The molecular formula is C14H23N5. The first-order chi connectivity index (χ1) is 9.15. The summed E-state index contributed by atoms with van der Waals surface area (Å²) in [5.41, 5.74) is 1.34. The summed E-state index contributed by atoms with van der Waals surface area (Å²) < 4.78 is 4.19. The SMILES string of the molecule is CCCC(NC)c1ccn(Cc2nnc(C)n2C)c1. The van der Waals surface area contributed by atoms with Crippen molar-refractivity contribution in [1.29, 1.82) is 0 Å². The third-order valence-corrected chi connectivity index (χ3v) is 3.61. The molecule has 0 spiro atoms. The molecule has 0 bridgehead atoms. The largest absolute Gasteiger partial charge is 0.346 e. The maximum atomic E-state index is 4.20. The van der Waals surface area contributed by atoms with Crippen LogP contribution in [-0.4, -0.2) is 26.4 Å². The fourth-order valence-corrected chi connectivity index (χ4v) is 2.28. The highest BCUT2D eigenvalue weighted by Gasteiger charge is 2.11. The molecule has 1 unspecified atom stereocenters. The van der Waals surface area contributed by atoms with Crippen LogP contribution in [0.3, 0.4) is 0 Å². The number of nitrogens with one attached hydrogen (secondary N) is 1. The van der Waals surface area contributed by atoms with E-state index < -0.39 is 0 Å². The second-order valence-corrected chi connectivity index (χ2v) is 4.97. The van der Waals surface area contributed by atoms with Gasteiger partial charge in [-0.2, -0.15) is 0 Å². The molecule has 0 aliphatic carbocycles. The molecule has 2 aromatic rings. The number of aryl methyl sites for hydroxylation is 1. The van der Waals surface area contributed by atoms with Gasteiger partial charge in [0.1, 0.15) is 5.82 Å². The van der Waals surface area contributed by atoms with Crippen LogP contribution >= 0.6 is 0 Å². The number of rotatable bonds is 6. The van der Waals surface area contributed by atoms with Gasteiger partial charge in [0, 0.05) is 25.5 Å². The molecule has 2 aromatic heterocycles. The molecule has 104 valence electrons. The van der Waals surface area contributed by atoms with Gasteiger partial charge >= 0.3 is 0 Å². The predicted octanol–water partition coefficient (Wildman–Crippen LogP) is 2.03. The smallest absolute Gasteiger partial charge is 0.152 e. The number of hydrogen-bond acceptors (Lipinski definition) is 3. The van der Waals surface area contributed by atoms with Gasteiger partial charge < -0.3 is 14.5 Å². The zero-order valence-electron chi connectivity index (χ0n) is 12.2. The first-order valence-electron chi connectivity index (χ1n) is 6.83. The molecule has 5 nitrogen and oxygen atoms in total. The second kappa shape index (κ2) is 6.02. The van der Waals surface area contributed by atoms with Crippen molar-refractivity contribution in [1.82, 2.24) is 24.6 Å². The third-order valence-electron chi connectivity index (χ3n) is 3.61. The number of hydrogen-bond donors (Lipinski definition) is 1. The summed E-state index contributed by atoms with van der Waals surface area (Å²) in [7, 11) is 4.02. The lowest BCUT2D eigenvalue weighted by atomic mass is 10.1. The Kier molecular flexibility index (Phi) is 4.37. The average molecular weight is 261 g/mol. The van der Waals surface area contributed by atoms with Gasteiger partial charge in [0.25, 0.3) is 0 Å². The number of aromatic nitrogens is 4. The highest BCUT2D eigenvalue weighted by atomic mass is 15.3. The lowest BCUT2D eigenvalue weighted by Crippen LogP contribution is -2.15. The van der Waals surface area contributed by atoms with Crippen LogP contribution in [0.15, 0.2) is 18.5 Å². The molecule has 0 saturated carbocycles. The Labute approximate surface area is 114 Å². The molecular weight excluding hydrogens is 238 g/mol. The van der Waals surface area contributed by atoms with E-state index >= 15 is 0 Å². The van der Waals surface area contributed by atoms with Gasteiger partial charge in [0.2, 0.25) is 0 Å². The summed E-state index contributed by atoms with van der Waals surface area (Å²) in [5, 5.41) is 11.7. The monoisotopic (exact) mass is 261 g/mol. The van der Waals surface area contributed by atoms with E-state index in [1.54, 1.807) is 0 Å². The van der Waals surface area contributed by atoms with E-state index in [-0.39, 0.29) is 0 Å². The van der Waals surface area contributed by atoms with Crippen molar-refractivity contribution in [3.8, 4) is 0 Å². The van der Waals surface area contributed by atoms with E-state index in [4.69, 9.17) is 0 Å². The second-order valence-electron chi connectivity index (χ2n) is 4.97. The molecule has 1 N–H and O–H groups in total.